The summed E-state index contributed by atoms with van der Waals surface area (Å²) < 4.78 is 39.5. The summed E-state index contributed by atoms with van der Waals surface area (Å²) in [5.41, 5.74) is -0.422. The Hall–Kier alpha value is -2.17. The van der Waals surface area contributed by atoms with Gasteiger partial charge in [-0.1, -0.05) is 13.8 Å². The number of carboxylic acid groups (broad SMARTS) is 1. The fourth-order valence-electron chi connectivity index (χ4n) is 2.19. The SMILES string of the molecule is CC(C)COCC(NS(=O)(=O)c1cnn(C)c1C(=O)O)c1ccco1. The Bertz CT molecular complexity index is 810. The van der Waals surface area contributed by atoms with Crippen molar-refractivity contribution in [1.82, 2.24) is 14.5 Å². The van der Waals surface area contributed by atoms with Gasteiger partial charge in [0.15, 0.2) is 5.69 Å². The minimum Gasteiger partial charge on any atom is -0.476 e. The fraction of sp³-hybridized carbons (Fsp3) is 0.467. The molecule has 2 heterocycles. The van der Waals surface area contributed by atoms with Gasteiger partial charge in [0.05, 0.1) is 19.1 Å². The van der Waals surface area contributed by atoms with Gasteiger partial charge in [-0.25, -0.2) is 13.2 Å². The van der Waals surface area contributed by atoms with Gasteiger partial charge < -0.3 is 14.3 Å². The highest BCUT2D eigenvalue weighted by atomic mass is 32.2. The summed E-state index contributed by atoms with van der Waals surface area (Å²) in [5, 5.41) is 12.9. The lowest BCUT2D eigenvalue weighted by molar-refractivity contribution is 0.0680. The van der Waals surface area contributed by atoms with Crippen LogP contribution in [0.1, 0.15) is 36.1 Å². The molecule has 0 spiro atoms. The normalized spacial score (nSPS) is 13.3. The van der Waals surface area contributed by atoms with E-state index in [1.54, 1.807) is 12.1 Å². The van der Waals surface area contributed by atoms with Gasteiger partial charge in [0.1, 0.15) is 16.7 Å². The molecule has 10 heteroatoms. The fourth-order valence-corrected chi connectivity index (χ4v) is 3.54. The minimum absolute atomic E-state index is 0.0492. The van der Waals surface area contributed by atoms with Gasteiger partial charge in [-0.15, -0.1) is 0 Å². The average molecular weight is 371 g/mol. The number of aromatic carboxylic acids is 1. The summed E-state index contributed by atoms with van der Waals surface area (Å²) in [6.45, 7) is 4.45. The maximum atomic E-state index is 12.6. The van der Waals surface area contributed by atoms with Crippen molar-refractivity contribution >= 4 is 16.0 Å². The molecule has 2 N–H and O–H groups in total. The van der Waals surface area contributed by atoms with Crippen LogP contribution in [-0.4, -0.2) is 42.5 Å². The van der Waals surface area contributed by atoms with E-state index in [1.165, 1.54) is 13.3 Å². The van der Waals surface area contributed by atoms with E-state index in [4.69, 9.17) is 9.15 Å². The zero-order chi connectivity index (χ0) is 18.6. The number of aromatic nitrogens is 2. The Kier molecular flexibility index (Phi) is 5.98. The van der Waals surface area contributed by atoms with Crippen molar-refractivity contribution in [2.24, 2.45) is 13.0 Å². The number of ether oxygens (including phenoxy) is 1. The molecule has 9 nitrogen and oxygen atoms in total. The predicted molar refractivity (Wildman–Crippen MR) is 87.6 cm³/mol. The van der Waals surface area contributed by atoms with E-state index in [-0.39, 0.29) is 12.5 Å². The number of hydrogen-bond donors (Lipinski definition) is 2. The van der Waals surface area contributed by atoms with Crippen molar-refractivity contribution in [2.45, 2.75) is 24.8 Å². The smallest absolute Gasteiger partial charge is 0.355 e. The Morgan fingerprint density at radius 2 is 2.16 bits per heavy atom. The molecule has 0 aliphatic heterocycles. The van der Waals surface area contributed by atoms with Crippen LogP contribution in [0.25, 0.3) is 0 Å². The molecule has 1 atom stereocenters. The maximum absolute atomic E-state index is 12.6. The minimum atomic E-state index is -4.15. The van der Waals surface area contributed by atoms with Crippen LogP contribution in [-0.2, 0) is 21.8 Å². The molecule has 0 saturated heterocycles. The molecule has 0 bridgehead atoms. The Morgan fingerprint density at radius 1 is 1.44 bits per heavy atom. The molecule has 1 unspecified atom stereocenters. The van der Waals surface area contributed by atoms with E-state index in [0.717, 1.165) is 10.9 Å². The van der Waals surface area contributed by atoms with E-state index in [9.17, 15) is 18.3 Å². The monoisotopic (exact) mass is 371 g/mol. The molecule has 2 rings (SSSR count). The first-order valence-electron chi connectivity index (χ1n) is 7.61. The van der Waals surface area contributed by atoms with Crippen LogP contribution >= 0.6 is 0 Å². The molecule has 0 aliphatic carbocycles. The van der Waals surface area contributed by atoms with Crippen molar-refractivity contribution in [2.75, 3.05) is 13.2 Å². The molecular formula is C15H21N3O6S. The van der Waals surface area contributed by atoms with Crippen LogP contribution in [0.2, 0.25) is 0 Å². The molecule has 0 radical (unpaired) electrons. The lowest BCUT2D eigenvalue weighted by Gasteiger charge is -2.17. The third kappa shape index (κ3) is 4.68. The van der Waals surface area contributed by atoms with Crippen LogP contribution in [0.3, 0.4) is 0 Å². The quantitative estimate of drug-likeness (QED) is 0.683. The number of sulfonamides is 1. The van der Waals surface area contributed by atoms with Gasteiger partial charge in [0, 0.05) is 13.7 Å². The Balaban J connectivity index is 2.26. The number of rotatable bonds is 9. The molecule has 138 valence electrons. The number of hydrogen-bond acceptors (Lipinski definition) is 6. The van der Waals surface area contributed by atoms with Crippen molar-refractivity contribution in [3.63, 3.8) is 0 Å². The number of carboxylic acids is 1. The predicted octanol–water partition coefficient (Wildman–Crippen LogP) is 1.40. The average Bonchev–Trinajstić information content (AvgIpc) is 3.14. The van der Waals surface area contributed by atoms with E-state index in [2.05, 4.69) is 9.82 Å². The first-order valence-corrected chi connectivity index (χ1v) is 9.09. The Labute approximate surface area is 145 Å². The van der Waals surface area contributed by atoms with Crippen LogP contribution < -0.4 is 4.72 Å². The second-order valence-electron chi connectivity index (χ2n) is 5.91. The van der Waals surface area contributed by atoms with Crippen LogP contribution in [0.15, 0.2) is 33.9 Å². The number of furan rings is 1. The van der Waals surface area contributed by atoms with Crippen LogP contribution in [0.4, 0.5) is 0 Å². The van der Waals surface area contributed by atoms with E-state index >= 15 is 0 Å². The Morgan fingerprint density at radius 3 is 2.72 bits per heavy atom. The van der Waals surface area contributed by atoms with E-state index in [0.29, 0.717) is 12.4 Å². The summed E-state index contributed by atoms with van der Waals surface area (Å²) in [6, 6.07) is 2.46. The first-order chi connectivity index (χ1) is 11.7. The van der Waals surface area contributed by atoms with E-state index in [1.807, 2.05) is 13.8 Å². The molecule has 0 aromatic carbocycles. The van der Waals surface area contributed by atoms with Crippen molar-refractivity contribution < 1.29 is 27.5 Å². The lowest BCUT2D eigenvalue weighted by atomic mass is 10.2. The van der Waals surface area contributed by atoms with Gasteiger partial charge in [0.2, 0.25) is 10.0 Å². The highest BCUT2D eigenvalue weighted by Gasteiger charge is 2.30. The summed E-state index contributed by atoms with van der Waals surface area (Å²) in [4.78, 5) is 10.9. The second kappa shape index (κ2) is 7.81. The van der Waals surface area contributed by atoms with Crippen LogP contribution in [0.5, 0.6) is 0 Å². The summed E-state index contributed by atoms with van der Waals surface area (Å²) >= 11 is 0. The highest BCUT2D eigenvalue weighted by Crippen LogP contribution is 2.21. The zero-order valence-electron chi connectivity index (χ0n) is 14.2. The number of nitrogens with one attached hydrogen (secondary N) is 1. The molecular weight excluding hydrogens is 350 g/mol. The lowest BCUT2D eigenvalue weighted by Crippen LogP contribution is -2.32. The maximum Gasteiger partial charge on any atom is 0.355 e. The third-order valence-electron chi connectivity index (χ3n) is 3.32. The van der Waals surface area contributed by atoms with Gasteiger partial charge >= 0.3 is 5.97 Å². The largest absolute Gasteiger partial charge is 0.476 e. The molecule has 0 fully saturated rings. The summed E-state index contributed by atoms with van der Waals surface area (Å²) in [5.74, 6) is -0.732. The second-order valence-corrected chi connectivity index (χ2v) is 7.59. The zero-order valence-corrected chi connectivity index (χ0v) is 15.0. The topological polar surface area (TPSA) is 124 Å². The van der Waals surface area contributed by atoms with Crippen molar-refractivity contribution in [3.8, 4) is 0 Å². The number of aryl methyl sites for hydroxylation is 1. The molecule has 0 amide bonds. The van der Waals surface area contributed by atoms with Gasteiger partial charge in [-0.2, -0.15) is 9.82 Å². The molecule has 2 aromatic heterocycles. The molecule has 2 aromatic rings. The molecule has 0 saturated carbocycles. The molecule has 0 aliphatic rings. The third-order valence-corrected chi connectivity index (χ3v) is 4.79. The standard InChI is InChI=1S/C15H21N3O6S/c1-10(2)8-23-9-11(12-5-4-6-24-12)17-25(21,22)13-7-16-18(3)14(13)15(19)20/h4-7,10-11,17H,8-9H2,1-3H3,(H,19,20). The summed E-state index contributed by atoms with van der Waals surface area (Å²) in [6.07, 6.45) is 2.42. The van der Waals surface area contributed by atoms with E-state index < -0.39 is 32.6 Å². The van der Waals surface area contributed by atoms with Gasteiger partial charge in [-0.05, 0) is 18.1 Å². The molecule has 25 heavy (non-hydrogen) atoms. The van der Waals surface area contributed by atoms with Gasteiger partial charge in [0.25, 0.3) is 0 Å². The van der Waals surface area contributed by atoms with Crippen molar-refractivity contribution in [3.05, 3.63) is 36.0 Å². The first kappa shape index (κ1) is 19.2. The highest BCUT2D eigenvalue weighted by molar-refractivity contribution is 7.89. The van der Waals surface area contributed by atoms with Crippen LogP contribution in [0, 0.1) is 5.92 Å². The van der Waals surface area contributed by atoms with Gasteiger partial charge in [-0.3, -0.25) is 4.68 Å². The number of nitrogens with zero attached hydrogens (tertiary/aromatic N) is 2. The number of carbonyl (C=O) groups is 1. The summed E-state index contributed by atoms with van der Waals surface area (Å²) in [7, 11) is -2.79. The van der Waals surface area contributed by atoms with Crippen molar-refractivity contribution in [1.29, 1.82) is 0 Å².